The summed E-state index contributed by atoms with van der Waals surface area (Å²) < 4.78 is 10.2. The average molecular weight is 293 g/mol. The van der Waals surface area contributed by atoms with Crippen LogP contribution in [0.3, 0.4) is 0 Å². The van der Waals surface area contributed by atoms with E-state index >= 15 is 0 Å². The summed E-state index contributed by atoms with van der Waals surface area (Å²) in [6.07, 6.45) is 2.57. The van der Waals surface area contributed by atoms with Crippen molar-refractivity contribution in [1.82, 2.24) is 0 Å². The van der Waals surface area contributed by atoms with Gasteiger partial charge in [0.2, 0.25) is 5.91 Å². The van der Waals surface area contributed by atoms with Crippen LogP contribution < -0.4 is 10.1 Å². The molecule has 1 rings (SSSR count). The van der Waals surface area contributed by atoms with Gasteiger partial charge in [0.1, 0.15) is 11.3 Å². The first-order valence-corrected chi connectivity index (χ1v) is 6.48. The Bertz CT molecular complexity index is 513. The largest absolute Gasteiger partial charge is 0.496 e. The molecule has 0 saturated carbocycles. The Kier molecular flexibility index (Phi) is 6.97. The molecule has 21 heavy (non-hydrogen) atoms. The maximum Gasteiger partial charge on any atom is 0.339 e. The fourth-order valence-corrected chi connectivity index (χ4v) is 1.67. The average Bonchev–Trinajstić information content (AvgIpc) is 2.46. The van der Waals surface area contributed by atoms with Crippen LogP contribution in [-0.2, 0) is 9.53 Å². The molecule has 0 bridgehead atoms. The van der Waals surface area contributed by atoms with Crippen LogP contribution in [0.4, 0.5) is 5.69 Å². The van der Waals surface area contributed by atoms with Gasteiger partial charge in [-0.15, -0.1) is 6.58 Å². The van der Waals surface area contributed by atoms with Gasteiger partial charge in [-0.05, 0) is 18.6 Å². The summed E-state index contributed by atoms with van der Waals surface area (Å²) in [5.74, 6) is -1.04. The Hall–Kier alpha value is -2.34. The lowest BCUT2D eigenvalue weighted by Gasteiger charge is -2.09. The van der Waals surface area contributed by atoms with Gasteiger partial charge in [-0.25, -0.2) is 4.79 Å². The third-order valence-corrected chi connectivity index (χ3v) is 2.64. The molecule has 6 heteroatoms. The summed E-state index contributed by atoms with van der Waals surface area (Å²) in [7, 11) is 1.38. The van der Waals surface area contributed by atoms with Crippen LogP contribution in [0.15, 0.2) is 30.9 Å². The third kappa shape index (κ3) is 5.66. The highest BCUT2D eigenvalue weighted by molar-refractivity contribution is 5.94. The smallest absolute Gasteiger partial charge is 0.339 e. The second-order valence-electron chi connectivity index (χ2n) is 4.24. The maximum absolute atomic E-state index is 11.7. The van der Waals surface area contributed by atoms with Gasteiger partial charge in [-0.2, -0.15) is 0 Å². The van der Waals surface area contributed by atoms with Crippen molar-refractivity contribution in [3.05, 3.63) is 36.4 Å². The molecule has 0 atom stereocenters. The molecule has 0 heterocycles. The van der Waals surface area contributed by atoms with Crippen molar-refractivity contribution in [1.29, 1.82) is 0 Å². The van der Waals surface area contributed by atoms with Gasteiger partial charge in [0.05, 0.1) is 13.7 Å². The van der Waals surface area contributed by atoms with E-state index < -0.39 is 5.97 Å². The highest BCUT2D eigenvalue weighted by Crippen LogP contribution is 2.23. The van der Waals surface area contributed by atoms with Crippen LogP contribution in [0.2, 0.25) is 0 Å². The lowest BCUT2D eigenvalue weighted by Crippen LogP contribution is -2.13. The Morgan fingerprint density at radius 3 is 2.81 bits per heavy atom. The minimum Gasteiger partial charge on any atom is -0.496 e. The fourth-order valence-electron chi connectivity index (χ4n) is 1.67. The number of nitrogens with one attached hydrogen (secondary N) is 1. The number of methoxy groups -OCH3 is 1. The Labute approximate surface area is 123 Å². The van der Waals surface area contributed by atoms with E-state index in [2.05, 4.69) is 11.9 Å². The molecular weight excluding hydrogens is 274 g/mol. The first-order valence-electron chi connectivity index (χ1n) is 6.48. The van der Waals surface area contributed by atoms with Gasteiger partial charge in [0.15, 0.2) is 0 Å². The molecule has 0 fully saturated rings. The van der Waals surface area contributed by atoms with E-state index in [1.807, 2.05) is 0 Å². The van der Waals surface area contributed by atoms with Crippen molar-refractivity contribution in [3.63, 3.8) is 0 Å². The molecule has 0 aliphatic rings. The Morgan fingerprint density at radius 1 is 1.43 bits per heavy atom. The van der Waals surface area contributed by atoms with Crippen LogP contribution >= 0.6 is 0 Å². The minimum absolute atomic E-state index is 0.0494. The van der Waals surface area contributed by atoms with E-state index in [0.29, 0.717) is 31.7 Å². The number of amides is 1. The van der Waals surface area contributed by atoms with Gasteiger partial charge >= 0.3 is 5.97 Å². The number of anilines is 1. The highest BCUT2D eigenvalue weighted by Gasteiger charge is 2.12. The number of carboxylic acid groups (broad SMARTS) is 1. The molecule has 1 aromatic carbocycles. The number of carboxylic acids is 1. The molecule has 114 valence electrons. The molecule has 1 aromatic rings. The molecule has 6 nitrogen and oxygen atoms in total. The van der Waals surface area contributed by atoms with Crippen molar-refractivity contribution in [2.24, 2.45) is 0 Å². The number of aromatic carboxylic acids is 1. The van der Waals surface area contributed by atoms with Crippen LogP contribution in [0.1, 0.15) is 23.2 Å². The molecule has 0 radical (unpaired) electrons. The van der Waals surface area contributed by atoms with Gasteiger partial charge < -0.3 is 19.9 Å². The van der Waals surface area contributed by atoms with Crippen molar-refractivity contribution in [3.8, 4) is 5.75 Å². The zero-order valence-electron chi connectivity index (χ0n) is 11.9. The minimum atomic E-state index is -1.08. The zero-order valence-corrected chi connectivity index (χ0v) is 11.9. The molecule has 0 spiro atoms. The molecule has 0 unspecified atom stereocenters. The number of carbonyl (C=O) groups is 2. The Morgan fingerprint density at radius 2 is 2.19 bits per heavy atom. The second-order valence-corrected chi connectivity index (χ2v) is 4.24. The standard InChI is InChI=1S/C15H19NO5/c1-3-8-21-9-4-5-14(17)16-11-6-7-12(15(18)19)13(10-11)20-2/h3,6-7,10H,1,4-5,8-9H2,2H3,(H,16,17)(H,18,19). The number of rotatable bonds is 9. The quantitative estimate of drug-likeness (QED) is 0.539. The summed E-state index contributed by atoms with van der Waals surface area (Å²) in [6.45, 7) is 4.48. The molecular formula is C15H19NO5. The maximum atomic E-state index is 11.7. The van der Waals surface area contributed by atoms with Crippen LogP contribution in [0, 0.1) is 0 Å². The van der Waals surface area contributed by atoms with E-state index in [9.17, 15) is 9.59 Å². The van der Waals surface area contributed by atoms with Gasteiger partial charge in [-0.1, -0.05) is 6.08 Å². The summed E-state index contributed by atoms with van der Waals surface area (Å²) in [5.41, 5.74) is 0.544. The number of ether oxygens (including phenoxy) is 2. The summed E-state index contributed by atoms with van der Waals surface area (Å²) in [4.78, 5) is 22.7. The second kappa shape index (κ2) is 8.76. The third-order valence-electron chi connectivity index (χ3n) is 2.64. The normalized spacial score (nSPS) is 9.95. The van der Waals surface area contributed by atoms with Crippen molar-refractivity contribution < 1.29 is 24.2 Å². The number of hydrogen-bond donors (Lipinski definition) is 2. The fraction of sp³-hybridized carbons (Fsp3) is 0.333. The van der Waals surface area contributed by atoms with Crippen LogP contribution in [-0.4, -0.2) is 37.3 Å². The van der Waals surface area contributed by atoms with E-state index in [4.69, 9.17) is 14.6 Å². The molecule has 0 aliphatic carbocycles. The monoisotopic (exact) mass is 293 g/mol. The number of benzene rings is 1. The molecule has 2 N–H and O–H groups in total. The summed E-state index contributed by atoms with van der Waals surface area (Å²) in [6, 6.07) is 4.40. The number of carbonyl (C=O) groups excluding carboxylic acids is 1. The summed E-state index contributed by atoms with van der Waals surface area (Å²) >= 11 is 0. The zero-order chi connectivity index (χ0) is 15.7. The van der Waals surface area contributed by atoms with Gasteiger partial charge in [0, 0.05) is 24.8 Å². The van der Waals surface area contributed by atoms with Crippen LogP contribution in [0.5, 0.6) is 5.75 Å². The molecule has 0 aromatic heterocycles. The molecule has 0 aliphatic heterocycles. The lowest BCUT2D eigenvalue weighted by atomic mass is 10.1. The van der Waals surface area contributed by atoms with E-state index in [1.165, 1.54) is 25.3 Å². The van der Waals surface area contributed by atoms with Gasteiger partial charge in [-0.3, -0.25) is 4.79 Å². The first-order chi connectivity index (χ1) is 10.1. The number of hydrogen-bond acceptors (Lipinski definition) is 4. The van der Waals surface area contributed by atoms with Crippen LogP contribution in [0.25, 0.3) is 0 Å². The molecule has 1 amide bonds. The van der Waals surface area contributed by atoms with Crippen molar-refractivity contribution in [2.45, 2.75) is 12.8 Å². The predicted octanol–water partition coefficient (Wildman–Crippen LogP) is 2.31. The van der Waals surface area contributed by atoms with Crippen molar-refractivity contribution in [2.75, 3.05) is 25.6 Å². The van der Waals surface area contributed by atoms with E-state index in [1.54, 1.807) is 6.08 Å². The predicted molar refractivity (Wildman–Crippen MR) is 78.8 cm³/mol. The topological polar surface area (TPSA) is 84.9 Å². The lowest BCUT2D eigenvalue weighted by molar-refractivity contribution is -0.116. The van der Waals surface area contributed by atoms with Gasteiger partial charge in [0.25, 0.3) is 0 Å². The first kappa shape index (κ1) is 16.7. The van der Waals surface area contributed by atoms with Crippen molar-refractivity contribution >= 4 is 17.6 Å². The summed E-state index contributed by atoms with van der Waals surface area (Å²) in [5, 5.41) is 11.7. The van der Waals surface area contributed by atoms with E-state index in [-0.39, 0.29) is 17.2 Å². The highest BCUT2D eigenvalue weighted by atomic mass is 16.5. The Balaban J connectivity index is 2.52. The molecule has 0 saturated heterocycles. The SMILES string of the molecule is C=CCOCCCC(=O)Nc1ccc(C(=O)O)c(OC)c1. The van der Waals surface area contributed by atoms with E-state index in [0.717, 1.165) is 0 Å².